The molecule has 0 atom stereocenters. The summed E-state index contributed by atoms with van der Waals surface area (Å²) >= 11 is 0.705. The minimum Gasteiger partial charge on any atom is -0.474 e. The fourth-order valence-electron chi connectivity index (χ4n) is 3.82. The standard InChI is InChI=1S/C16H11OS.C5H4.3C4H9.Fe.Sn/c17-16(13-8-2-1-3-9-13)15-11-10-14(18-15)12-6-4-5-7-12;1-2-4-5-3-1;3*1-3-4-2;;/h1-11H;1-4H;3*1,3-4H2,2H3;;/q;-1;;;;+2;+1. The van der Waals surface area contributed by atoms with E-state index in [1.807, 2.05) is 81.0 Å². The summed E-state index contributed by atoms with van der Waals surface area (Å²) in [6, 6.07) is 13.3. The van der Waals surface area contributed by atoms with Gasteiger partial charge in [0.05, 0.1) is 4.88 Å². The third-order valence-electron chi connectivity index (χ3n) is 5.96. The second-order valence-corrected chi connectivity index (χ2v) is 18.6. The van der Waals surface area contributed by atoms with Crippen molar-refractivity contribution in [1.29, 1.82) is 0 Å². The van der Waals surface area contributed by atoms with E-state index in [2.05, 4.69) is 40.0 Å². The molecule has 10 radical (unpaired) electrons. The molecule has 2 saturated carbocycles. The maximum atomic E-state index is 12.2. The number of unbranched alkanes of at least 4 members (excludes halogenated alkanes) is 3. The van der Waals surface area contributed by atoms with E-state index in [4.69, 9.17) is 0 Å². The smallest absolute Gasteiger partial charge is 0.474 e. The van der Waals surface area contributed by atoms with E-state index in [0.717, 1.165) is 15.3 Å². The van der Waals surface area contributed by atoms with Gasteiger partial charge in [-0.15, -0.1) is 11.3 Å². The number of hydrogen-bond donors (Lipinski definition) is 0. The molecule has 0 amide bonds. The number of carbonyl (C=O) groups excluding carboxylic acids is 1. The van der Waals surface area contributed by atoms with Crippen LogP contribution in [0.1, 0.15) is 79.4 Å². The third-order valence-corrected chi connectivity index (χ3v) is 16.2. The average molecular weight is 661 g/mol. The molecule has 2 aliphatic rings. The fraction of sp³-hybridized carbons (Fsp3) is 0.364. The van der Waals surface area contributed by atoms with Crippen LogP contribution in [0, 0.1) is 63.7 Å². The summed E-state index contributed by atoms with van der Waals surface area (Å²) < 4.78 is 5.04. The Bertz CT molecular complexity index is 769. The van der Waals surface area contributed by atoms with Crippen LogP contribution in [0.25, 0.3) is 0 Å². The Balaban J connectivity index is 0.000000316. The summed E-state index contributed by atoms with van der Waals surface area (Å²) in [6.45, 7) is 7.00. The van der Waals surface area contributed by atoms with Gasteiger partial charge in [0.15, 0.2) is 0 Å². The predicted molar refractivity (Wildman–Crippen MR) is 159 cm³/mol. The fourth-order valence-corrected chi connectivity index (χ4v) is 14.2. The quantitative estimate of drug-likeness (QED) is 0.126. The van der Waals surface area contributed by atoms with E-state index < -0.39 is 19.8 Å². The van der Waals surface area contributed by atoms with Gasteiger partial charge < -0.3 is 6.42 Å². The molecule has 2 fully saturated rings. The second kappa shape index (κ2) is 22.7. The molecule has 2 aliphatic carbocycles. The van der Waals surface area contributed by atoms with Crippen molar-refractivity contribution in [2.24, 2.45) is 0 Å². The summed E-state index contributed by atoms with van der Waals surface area (Å²) in [5.74, 6) is 1.27. The van der Waals surface area contributed by atoms with Crippen molar-refractivity contribution >= 4 is 36.9 Å². The van der Waals surface area contributed by atoms with Crippen LogP contribution in [-0.2, 0) is 17.1 Å². The Morgan fingerprint density at radius 2 is 1.30 bits per heavy atom. The Kier molecular flexibility index (Phi) is 21.4. The van der Waals surface area contributed by atoms with Crippen molar-refractivity contribution in [2.45, 2.75) is 72.6 Å². The van der Waals surface area contributed by atoms with Crippen LogP contribution in [0.15, 0.2) is 42.5 Å². The molecule has 1 heterocycles. The molecule has 0 aliphatic heterocycles. The number of hydrogen-bond acceptors (Lipinski definition) is 2. The molecule has 1 nitrogen and oxygen atoms in total. The molecular formula is C33H42FeOSSn+2. The zero-order chi connectivity index (χ0) is 25.8. The SMILES string of the molecule is CCC[CH2][Sn+]([CH2]CCC)[CH2]CCC.O=C(c1ccccc1)c1ccc([C]2[CH][CH][CH][CH]2)s1.[C-]1[CH][CH][CH][CH]1.[Fe+2]. The van der Waals surface area contributed by atoms with E-state index in [1.54, 1.807) is 24.6 Å². The monoisotopic (exact) mass is 662 g/mol. The first-order valence-electron chi connectivity index (χ1n) is 13.5. The van der Waals surface area contributed by atoms with Crippen LogP contribution in [0.4, 0.5) is 0 Å². The average Bonchev–Trinajstić information content (AvgIpc) is 3.73. The van der Waals surface area contributed by atoms with Crippen LogP contribution < -0.4 is 0 Å². The molecule has 37 heavy (non-hydrogen) atoms. The topological polar surface area (TPSA) is 17.1 Å². The molecule has 0 N–H and O–H groups in total. The number of benzene rings is 1. The van der Waals surface area contributed by atoms with Gasteiger partial charge in [-0.1, -0.05) is 43.2 Å². The summed E-state index contributed by atoms with van der Waals surface area (Å²) in [7, 11) is 0. The van der Waals surface area contributed by atoms with Gasteiger partial charge in [0.2, 0.25) is 5.78 Å². The summed E-state index contributed by atoms with van der Waals surface area (Å²) in [5, 5.41) is 0. The summed E-state index contributed by atoms with van der Waals surface area (Å²) in [5.41, 5.74) is 0.744. The number of thiophene rings is 1. The van der Waals surface area contributed by atoms with Crippen molar-refractivity contribution in [2.75, 3.05) is 0 Å². The van der Waals surface area contributed by atoms with Gasteiger partial charge in [-0.3, -0.25) is 4.79 Å². The van der Waals surface area contributed by atoms with Crippen LogP contribution in [0.2, 0.25) is 13.3 Å². The minimum atomic E-state index is -0.839. The van der Waals surface area contributed by atoms with E-state index in [-0.39, 0.29) is 22.9 Å². The predicted octanol–water partition coefficient (Wildman–Crippen LogP) is 9.51. The van der Waals surface area contributed by atoms with Gasteiger partial charge in [0, 0.05) is 16.4 Å². The molecule has 4 heteroatoms. The second-order valence-electron chi connectivity index (χ2n) is 8.98. The number of rotatable bonds is 12. The molecule has 4 rings (SSSR count). The zero-order valence-corrected chi connectivity index (χ0v) is 27.5. The van der Waals surface area contributed by atoms with Gasteiger partial charge in [-0.25, -0.2) is 12.8 Å². The molecule has 1 aromatic carbocycles. The first-order valence-corrected chi connectivity index (χ1v) is 20.4. The Labute approximate surface area is 251 Å². The molecular weight excluding hydrogens is 619 g/mol. The van der Waals surface area contributed by atoms with E-state index in [1.165, 1.54) is 44.4 Å². The van der Waals surface area contributed by atoms with Gasteiger partial charge in [0.1, 0.15) is 0 Å². The first kappa shape index (κ1) is 34.9. The Hall–Kier alpha value is -0.0918. The normalized spacial score (nSPS) is 14.7. The number of ketones is 1. The van der Waals surface area contributed by atoms with Crippen LogP contribution >= 0.6 is 11.3 Å². The van der Waals surface area contributed by atoms with Gasteiger partial charge in [0.25, 0.3) is 0 Å². The third kappa shape index (κ3) is 14.7. The maximum Gasteiger partial charge on any atom is 2.00 e. The van der Waals surface area contributed by atoms with Crippen LogP contribution in [-0.4, -0.2) is 25.5 Å². The maximum absolute atomic E-state index is 12.2. The summed E-state index contributed by atoms with van der Waals surface area (Å²) in [4.78, 5) is 14.2. The van der Waals surface area contributed by atoms with Crippen molar-refractivity contribution < 1.29 is 21.9 Å². The molecule has 196 valence electrons. The largest absolute Gasteiger partial charge is 2.00 e. The number of carbonyl (C=O) groups is 1. The van der Waals surface area contributed by atoms with E-state index in [0.29, 0.717) is 0 Å². The summed E-state index contributed by atoms with van der Waals surface area (Å²) in [6.07, 6.45) is 27.5. The first-order chi connectivity index (χ1) is 17.7. The van der Waals surface area contributed by atoms with Crippen molar-refractivity contribution in [3.05, 3.63) is 121 Å². The van der Waals surface area contributed by atoms with Crippen molar-refractivity contribution in [3.63, 3.8) is 0 Å². The molecule has 1 aromatic heterocycles. The van der Waals surface area contributed by atoms with E-state index in [9.17, 15) is 4.79 Å². The molecule has 0 bridgehead atoms. The minimum absolute atomic E-state index is 0. The Morgan fingerprint density at radius 1 is 0.757 bits per heavy atom. The zero-order valence-electron chi connectivity index (χ0n) is 22.7. The molecule has 0 saturated heterocycles. The van der Waals surface area contributed by atoms with Gasteiger partial charge >= 0.3 is 109 Å². The van der Waals surface area contributed by atoms with Gasteiger partial charge in [-0.2, -0.15) is 0 Å². The molecule has 0 unspecified atom stereocenters. The molecule has 0 spiro atoms. The van der Waals surface area contributed by atoms with E-state index >= 15 is 0 Å². The molecule has 2 aromatic rings. The van der Waals surface area contributed by atoms with Gasteiger partial charge in [-0.05, 0) is 37.8 Å². The van der Waals surface area contributed by atoms with Crippen LogP contribution in [0.3, 0.4) is 0 Å². The van der Waals surface area contributed by atoms with Crippen molar-refractivity contribution in [1.82, 2.24) is 0 Å². The van der Waals surface area contributed by atoms with Crippen LogP contribution in [0.5, 0.6) is 0 Å². The van der Waals surface area contributed by atoms with Crippen molar-refractivity contribution in [3.8, 4) is 0 Å². The Morgan fingerprint density at radius 3 is 1.76 bits per heavy atom.